The van der Waals surface area contributed by atoms with Gasteiger partial charge in [0.15, 0.2) is 11.2 Å². The van der Waals surface area contributed by atoms with Gasteiger partial charge in [-0.25, -0.2) is 9.80 Å². The van der Waals surface area contributed by atoms with Crippen LogP contribution >= 0.6 is 0 Å². The van der Waals surface area contributed by atoms with Crippen LogP contribution in [0.4, 0.5) is 5.95 Å². The lowest BCUT2D eigenvalue weighted by molar-refractivity contribution is 0.565. The van der Waals surface area contributed by atoms with Gasteiger partial charge in [-0.2, -0.15) is 10.1 Å². The van der Waals surface area contributed by atoms with Gasteiger partial charge in [0.1, 0.15) is 0 Å². The Balaban J connectivity index is 2.22. The maximum Gasteiger partial charge on any atom is 0.332 e. The minimum atomic E-state index is -0.359. The van der Waals surface area contributed by atoms with Crippen LogP contribution in [0, 0.1) is 5.92 Å². The highest BCUT2D eigenvalue weighted by atomic mass is 16.2. The summed E-state index contributed by atoms with van der Waals surface area (Å²) in [7, 11) is 1.65. The van der Waals surface area contributed by atoms with Gasteiger partial charge in [0.25, 0.3) is 5.56 Å². The Morgan fingerprint density at radius 3 is 2.65 bits per heavy atom. The topological polar surface area (TPSA) is 77.4 Å². The van der Waals surface area contributed by atoms with Crippen LogP contribution in [0.25, 0.3) is 11.2 Å². The van der Waals surface area contributed by atoms with Gasteiger partial charge in [-0.3, -0.25) is 18.5 Å². The van der Waals surface area contributed by atoms with Crippen molar-refractivity contribution in [1.82, 2.24) is 18.7 Å². The third-order valence-corrected chi connectivity index (χ3v) is 4.56. The molecule has 0 radical (unpaired) electrons. The average molecular weight is 358 g/mol. The Bertz CT molecular complexity index is 1010. The van der Waals surface area contributed by atoms with E-state index in [0.29, 0.717) is 29.6 Å². The van der Waals surface area contributed by atoms with Crippen molar-refractivity contribution in [2.45, 2.75) is 47.2 Å². The molecule has 0 aromatic carbocycles. The number of allylic oxidation sites excluding steroid dienone is 2. The fourth-order valence-electron chi connectivity index (χ4n) is 3.12. The number of rotatable bonds is 5. The van der Waals surface area contributed by atoms with Crippen LogP contribution in [0.2, 0.25) is 0 Å². The molecule has 2 aromatic heterocycles. The van der Waals surface area contributed by atoms with Gasteiger partial charge in [-0.05, 0) is 26.2 Å². The zero-order chi connectivity index (χ0) is 19.0. The number of aromatic nitrogens is 4. The summed E-state index contributed by atoms with van der Waals surface area (Å²) in [5.41, 5.74) is 1.11. The summed E-state index contributed by atoms with van der Waals surface area (Å²) in [6.07, 6.45) is 4.58. The lowest BCUT2D eigenvalue weighted by atomic mass is 10.1. The van der Waals surface area contributed by atoms with Crippen LogP contribution in [-0.4, -0.2) is 30.9 Å². The average Bonchev–Trinajstić information content (AvgIpc) is 2.97. The summed E-state index contributed by atoms with van der Waals surface area (Å²) < 4.78 is 4.57. The van der Waals surface area contributed by atoms with Crippen molar-refractivity contribution in [3.05, 3.63) is 33.0 Å². The van der Waals surface area contributed by atoms with Gasteiger partial charge in [0, 0.05) is 20.1 Å². The molecular formula is C18H26N6O2. The number of hydrazone groups is 1. The van der Waals surface area contributed by atoms with Crippen LogP contribution < -0.4 is 16.3 Å². The lowest BCUT2D eigenvalue weighted by Gasteiger charge is -2.25. The van der Waals surface area contributed by atoms with Crippen LogP contribution in [0.1, 0.15) is 34.1 Å². The predicted octanol–water partition coefficient (Wildman–Crippen LogP) is 1.71. The summed E-state index contributed by atoms with van der Waals surface area (Å²) in [5, 5.41) is 6.45. The number of hydrogen-bond acceptors (Lipinski definition) is 5. The van der Waals surface area contributed by atoms with Crippen molar-refractivity contribution < 1.29 is 0 Å². The zero-order valence-corrected chi connectivity index (χ0v) is 16.1. The summed E-state index contributed by atoms with van der Waals surface area (Å²) in [6, 6.07) is 0. The van der Waals surface area contributed by atoms with Crippen LogP contribution in [-0.2, 0) is 20.1 Å². The van der Waals surface area contributed by atoms with Gasteiger partial charge in [0.2, 0.25) is 5.95 Å². The molecule has 140 valence electrons. The molecule has 26 heavy (non-hydrogen) atoms. The molecule has 1 aliphatic rings. The second-order valence-corrected chi connectivity index (χ2v) is 7.14. The largest absolute Gasteiger partial charge is 0.332 e. The molecule has 0 fully saturated rings. The zero-order valence-electron chi connectivity index (χ0n) is 16.1. The van der Waals surface area contributed by atoms with Crippen molar-refractivity contribution in [3.8, 4) is 0 Å². The maximum absolute atomic E-state index is 13.0. The molecule has 0 amide bonds. The Morgan fingerprint density at radius 2 is 2.00 bits per heavy atom. The van der Waals surface area contributed by atoms with Crippen LogP contribution in [0.5, 0.6) is 0 Å². The second-order valence-electron chi connectivity index (χ2n) is 7.14. The summed E-state index contributed by atoms with van der Waals surface area (Å²) in [6.45, 7) is 9.60. The SMILES string of the molecule is C/C=C/Cn1c(=O)c2c(nc3n2CC(C)=NN3CCC(C)C)n(C)c1=O. The molecule has 0 aliphatic carbocycles. The predicted molar refractivity (Wildman–Crippen MR) is 104 cm³/mol. The highest BCUT2D eigenvalue weighted by Crippen LogP contribution is 2.24. The molecule has 8 heteroatoms. The molecule has 0 saturated heterocycles. The minimum absolute atomic E-state index is 0.253. The number of nitrogens with zero attached hydrogens (tertiary/aromatic N) is 6. The lowest BCUT2D eigenvalue weighted by Crippen LogP contribution is -2.39. The highest BCUT2D eigenvalue weighted by molar-refractivity contribution is 5.87. The second kappa shape index (κ2) is 6.93. The Labute approximate surface area is 152 Å². The van der Waals surface area contributed by atoms with Crippen LogP contribution in [0.3, 0.4) is 0 Å². The van der Waals surface area contributed by atoms with Gasteiger partial charge < -0.3 is 0 Å². The van der Waals surface area contributed by atoms with E-state index in [9.17, 15) is 9.59 Å². The first-order chi connectivity index (χ1) is 12.3. The standard InChI is InChI=1S/C18H26N6O2/c1-6-7-9-22-16(25)14-15(21(5)18(22)26)19-17-23(14)11-13(4)20-24(17)10-8-12(2)3/h6-7,12H,8-11H2,1-5H3/b7-6+. The molecule has 8 nitrogen and oxygen atoms in total. The number of aryl methyl sites for hydroxylation is 1. The van der Waals surface area contributed by atoms with E-state index < -0.39 is 0 Å². The first kappa shape index (κ1) is 18.2. The Kier molecular flexibility index (Phi) is 4.84. The van der Waals surface area contributed by atoms with Crippen molar-refractivity contribution in [1.29, 1.82) is 0 Å². The monoisotopic (exact) mass is 358 g/mol. The molecule has 0 atom stereocenters. The van der Waals surface area contributed by atoms with Gasteiger partial charge in [0.05, 0.1) is 12.3 Å². The number of hydrogen-bond donors (Lipinski definition) is 0. The fraction of sp³-hybridized carbons (Fsp3) is 0.556. The normalized spacial score (nSPS) is 14.5. The molecule has 2 aromatic rings. The Morgan fingerprint density at radius 1 is 1.27 bits per heavy atom. The quantitative estimate of drug-likeness (QED) is 0.763. The smallest absolute Gasteiger partial charge is 0.297 e. The van der Waals surface area contributed by atoms with E-state index in [2.05, 4.69) is 23.9 Å². The van der Waals surface area contributed by atoms with E-state index in [-0.39, 0.29) is 17.8 Å². The van der Waals surface area contributed by atoms with E-state index in [1.54, 1.807) is 13.1 Å². The van der Waals surface area contributed by atoms with Gasteiger partial charge >= 0.3 is 5.69 Å². The molecule has 3 heterocycles. The highest BCUT2D eigenvalue weighted by Gasteiger charge is 2.26. The summed E-state index contributed by atoms with van der Waals surface area (Å²) >= 11 is 0. The van der Waals surface area contributed by atoms with E-state index in [0.717, 1.165) is 18.7 Å². The minimum Gasteiger partial charge on any atom is -0.297 e. The van der Waals surface area contributed by atoms with E-state index >= 15 is 0 Å². The van der Waals surface area contributed by atoms with Gasteiger partial charge in [-0.1, -0.05) is 26.0 Å². The molecule has 1 aliphatic heterocycles. The number of imidazole rings is 1. The Hall–Kier alpha value is -2.64. The molecule has 3 rings (SSSR count). The third-order valence-electron chi connectivity index (χ3n) is 4.56. The molecule has 0 N–H and O–H groups in total. The number of fused-ring (bicyclic) bond motifs is 3. The number of anilines is 1. The molecule has 0 saturated carbocycles. The van der Waals surface area contributed by atoms with E-state index in [1.165, 1.54) is 9.13 Å². The molecule has 0 spiro atoms. The molecule has 0 bridgehead atoms. The van der Waals surface area contributed by atoms with Gasteiger partial charge in [-0.15, -0.1) is 0 Å². The molecular weight excluding hydrogens is 332 g/mol. The summed E-state index contributed by atoms with van der Waals surface area (Å²) in [5.74, 6) is 1.16. The van der Waals surface area contributed by atoms with E-state index in [1.807, 2.05) is 29.5 Å². The summed E-state index contributed by atoms with van der Waals surface area (Å²) in [4.78, 5) is 30.2. The maximum atomic E-state index is 13.0. The molecule has 0 unspecified atom stereocenters. The fourth-order valence-corrected chi connectivity index (χ4v) is 3.12. The first-order valence-electron chi connectivity index (χ1n) is 8.98. The third kappa shape index (κ3) is 3.00. The van der Waals surface area contributed by atoms with Crippen molar-refractivity contribution in [2.75, 3.05) is 11.6 Å². The van der Waals surface area contributed by atoms with Crippen molar-refractivity contribution >= 4 is 22.8 Å². The van der Waals surface area contributed by atoms with Crippen molar-refractivity contribution in [2.24, 2.45) is 18.1 Å². The van der Waals surface area contributed by atoms with E-state index in [4.69, 9.17) is 0 Å². The van der Waals surface area contributed by atoms with Crippen molar-refractivity contribution in [3.63, 3.8) is 0 Å². The first-order valence-corrected chi connectivity index (χ1v) is 8.98. The van der Waals surface area contributed by atoms with Crippen LogP contribution in [0.15, 0.2) is 26.8 Å².